The largest absolute Gasteiger partial charge is 0.310 e. The Morgan fingerprint density at radius 1 is 1.37 bits per heavy atom. The molecule has 0 bridgehead atoms. The summed E-state index contributed by atoms with van der Waals surface area (Å²) in [5, 5.41) is 7.59. The topological polar surface area (TPSA) is 42.7 Å². The van der Waals surface area contributed by atoms with E-state index in [1.807, 2.05) is 19.4 Å². The Hall–Kier alpha value is -1.75. The molecule has 0 aliphatic carbocycles. The van der Waals surface area contributed by atoms with Gasteiger partial charge in [-0.25, -0.2) is 4.39 Å². The molecular formula is C14H19FN4. The summed E-state index contributed by atoms with van der Waals surface area (Å²) in [5.74, 6) is -0.299. The van der Waals surface area contributed by atoms with E-state index in [4.69, 9.17) is 0 Å². The van der Waals surface area contributed by atoms with Crippen LogP contribution in [0, 0.1) is 5.82 Å². The summed E-state index contributed by atoms with van der Waals surface area (Å²) in [5.41, 5.74) is 2.00. The number of aromatic nitrogens is 3. The average Bonchev–Trinajstić information content (AvgIpc) is 2.80. The molecule has 1 N–H and O–H groups in total. The van der Waals surface area contributed by atoms with Crippen LogP contribution in [-0.2, 0) is 13.5 Å². The first-order valence-electron chi connectivity index (χ1n) is 6.50. The number of nitrogens with zero attached hydrogens (tertiary/aromatic N) is 3. The molecule has 0 spiro atoms. The van der Waals surface area contributed by atoms with E-state index >= 15 is 0 Å². The third-order valence-corrected chi connectivity index (χ3v) is 2.97. The van der Waals surface area contributed by atoms with Gasteiger partial charge in [-0.1, -0.05) is 6.92 Å². The van der Waals surface area contributed by atoms with Gasteiger partial charge in [0.1, 0.15) is 5.82 Å². The lowest BCUT2D eigenvalue weighted by molar-refractivity contribution is 0.521. The molecule has 2 rings (SSSR count). The maximum Gasteiger partial charge on any atom is 0.141 e. The van der Waals surface area contributed by atoms with E-state index in [0.717, 1.165) is 30.5 Å². The minimum atomic E-state index is -0.299. The Morgan fingerprint density at radius 2 is 2.21 bits per heavy atom. The van der Waals surface area contributed by atoms with Gasteiger partial charge < -0.3 is 5.32 Å². The van der Waals surface area contributed by atoms with Gasteiger partial charge >= 0.3 is 0 Å². The predicted molar refractivity (Wildman–Crippen MR) is 72.1 cm³/mol. The Kier molecular flexibility index (Phi) is 4.63. The molecule has 0 saturated heterocycles. The van der Waals surface area contributed by atoms with Crippen molar-refractivity contribution in [3.8, 4) is 0 Å². The molecule has 0 aliphatic heterocycles. The number of halogens is 1. The van der Waals surface area contributed by atoms with Gasteiger partial charge in [0.25, 0.3) is 0 Å². The molecule has 0 fully saturated rings. The number of hydrogen-bond donors (Lipinski definition) is 1. The lowest BCUT2D eigenvalue weighted by Crippen LogP contribution is -2.24. The van der Waals surface area contributed by atoms with E-state index < -0.39 is 0 Å². The smallest absolute Gasteiger partial charge is 0.141 e. The summed E-state index contributed by atoms with van der Waals surface area (Å²) in [6.45, 7) is 3.00. The number of pyridine rings is 1. The van der Waals surface area contributed by atoms with Crippen LogP contribution in [0.2, 0.25) is 0 Å². The summed E-state index contributed by atoms with van der Waals surface area (Å²) >= 11 is 0. The summed E-state index contributed by atoms with van der Waals surface area (Å²) in [6, 6.07) is 1.60. The quantitative estimate of drug-likeness (QED) is 0.868. The van der Waals surface area contributed by atoms with Gasteiger partial charge in [-0.3, -0.25) is 9.67 Å². The van der Waals surface area contributed by atoms with E-state index in [2.05, 4.69) is 22.3 Å². The second-order valence-corrected chi connectivity index (χ2v) is 4.67. The molecule has 0 amide bonds. The molecule has 1 unspecified atom stereocenters. The lowest BCUT2D eigenvalue weighted by Gasteiger charge is -2.18. The van der Waals surface area contributed by atoms with Crippen molar-refractivity contribution in [3.63, 3.8) is 0 Å². The lowest BCUT2D eigenvalue weighted by atomic mass is 10.0. The van der Waals surface area contributed by atoms with Crippen molar-refractivity contribution >= 4 is 0 Å². The first-order chi connectivity index (χ1) is 9.19. The maximum atomic E-state index is 13.3. The average molecular weight is 262 g/mol. The van der Waals surface area contributed by atoms with Crippen molar-refractivity contribution in [2.24, 2.45) is 7.05 Å². The van der Waals surface area contributed by atoms with Gasteiger partial charge in [0.05, 0.1) is 12.4 Å². The van der Waals surface area contributed by atoms with Gasteiger partial charge in [0.15, 0.2) is 0 Å². The van der Waals surface area contributed by atoms with Crippen LogP contribution in [0.5, 0.6) is 0 Å². The number of hydrogen-bond acceptors (Lipinski definition) is 3. The van der Waals surface area contributed by atoms with Crippen LogP contribution in [0.25, 0.3) is 0 Å². The predicted octanol–water partition coefficient (Wildman–Crippen LogP) is 2.24. The number of rotatable bonds is 6. The molecule has 2 aromatic heterocycles. The third kappa shape index (κ3) is 3.86. The van der Waals surface area contributed by atoms with Crippen molar-refractivity contribution in [1.29, 1.82) is 0 Å². The molecule has 5 heteroatoms. The third-order valence-electron chi connectivity index (χ3n) is 2.97. The molecule has 0 radical (unpaired) electrons. The first-order valence-corrected chi connectivity index (χ1v) is 6.50. The van der Waals surface area contributed by atoms with Crippen molar-refractivity contribution in [1.82, 2.24) is 20.1 Å². The highest BCUT2D eigenvalue weighted by Crippen LogP contribution is 2.18. The highest BCUT2D eigenvalue weighted by molar-refractivity contribution is 5.19. The fourth-order valence-corrected chi connectivity index (χ4v) is 2.06. The number of aryl methyl sites for hydroxylation is 1. The zero-order valence-corrected chi connectivity index (χ0v) is 11.3. The summed E-state index contributed by atoms with van der Waals surface area (Å²) in [7, 11) is 1.89. The monoisotopic (exact) mass is 262 g/mol. The molecule has 0 saturated carbocycles. The Bertz CT molecular complexity index is 524. The zero-order valence-electron chi connectivity index (χ0n) is 11.3. The SMILES string of the molecule is CCCNC(Cc1cnn(C)c1)c1cncc(F)c1. The van der Waals surface area contributed by atoms with E-state index in [-0.39, 0.29) is 11.9 Å². The highest BCUT2D eigenvalue weighted by Gasteiger charge is 2.13. The molecular weight excluding hydrogens is 243 g/mol. The van der Waals surface area contributed by atoms with Crippen LogP contribution in [-0.4, -0.2) is 21.3 Å². The molecule has 2 heterocycles. The second-order valence-electron chi connectivity index (χ2n) is 4.67. The van der Waals surface area contributed by atoms with E-state index in [1.54, 1.807) is 10.9 Å². The maximum absolute atomic E-state index is 13.3. The Balaban J connectivity index is 2.15. The fraction of sp³-hybridized carbons (Fsp3) is 0.429. The molecule has 1 atom stereocenters. The molecule has 4 nitrogen and oxygen atoms in total. The van der Waals surface area contributed by atoms with Gasteiger partial charge in [-0.2, -0.15) is 5.10 Å². The van der Waals surface area contributed by atoms with Crippen molar-refractivity contribution < 1.29 is 4.39 Å². The van der Waals surface area contributed by atoms with Gasteiger partial charge in [0.2, 0.25) is 0 Å². The minimum absolute atomic E-state index is 0.0624. The van der Waals surface area contributed by atoms with Gasteiger partial charge in [-0.15, -0.1) is 0 Å². The minimum Gasteiger partial charge on any atom is -0.310 e. The summed E-state index contributed by atoms with van der Waals surface area (Å²) in [6.07, 6.45) is 8.57. The van der Waals surface area contributed by atoms with Crippen LogP contribution >= 0.6 is 0 Å². The fourth-order valence-electron chi connectivity index (χ4n) is 2.06. The van der Waals surface area contributed by atoms with Crippen LogP contribution in [0.15, 0.2) is 30.9 Å². The summed E-state index contributed by atoms with van der Waals surface area (Å²) in [4.78, 5) is 3.92. The highest BCUT2D eigenvalue weighted by atomic mass is 19.1. The van der Waals surface area contributed by atoms with E-state index in [1.165, 1.54) is 12.3 Å². The van der Waals surface area contributed by atoms with Crippen molar-refractivity contribution in [3.05, 3.63) is 47.8 Å². The molecule has 19 heavy (non-hydrogen) atoms. The Labute approximate surface area is 112 Å². The van der Waals surface area contributed by atoms with Crippen molar-refractivity contribution in [2.75, 3.05) is 6.54 Å². The number of nitrogens with one attached hydrogen (secondary N) is 1. The van der Waals surface area contributed by atoms with Crippen LogP contribution in [0.1, 0.15) is 30.5 Å². The van der Waals surface area contributed by atoms with E-state index in [9.17, 15) is 4.39 Å². The summed E-state index contributed by atoms with van der Waals surface area (Å²) < 4.78 is 15.1. The first kappa shape index (κ1) is 13.7. The van der Waals surface area contributed by atoms with Gasteiger partial charge in [-0.05, 0) is 36.6 Å². The van der Waals surface area contributed by atoms with Gasteiger partial charge in [0, 0.05) is 25.5 Å². The van der Waals surface area contributed by atoms with Crippen molar-refractivity contribution in [2.45, 2.75) is 25.8 Å². The van der Waals surface area contributed by atoms with E-state index in [0.29, 0.717) is 0 Å². The molecule has 2 aromatic rings. The Morgan fingerprint density at radius 3 is 2.84 bits per heavy atom. The molecule has 0 aromatic carbocycles. The normalized spacial score (nSPS) is 12.6. The molecule has 102 valence electrons. The molecule has 0 aliphatic rings. The standard InChI is InChI=1S/C14H19FN4/c1-3-4-17-14(5-11-7-18-19(2)10-11)12-6-13(15)9-16-8-12/h6-10,14,17H,3-5H2,1-2H3. The van der Waals surface area contributed by atoms with Crippen LogP contribution in [0.3, 0.4) is 0 Å². The van der Waals surface area contributed by atoms with Crippen LogP contribution < -0.4 is 5.32 Å². The zero-order chi connectivity index (χ0) is 13.7. The van der Waals surface area contributed by atoms with Crippen LogP contribution in [0.4, 0.5) is 4.39 Å². The second kappa shape index (κ2) is 6.43.